The van der Waals surface area contributed by atoms with Crippen molar-refractivity contribution in [3.05, 3.63) is 29.3 Å². The van der Waals surface area contributed by atoms with Gasteiger partial charge in [0.1, 0.15) is 0 Å². The molecule has 2 N–H and O–H groups in total. The second-order valence-corrected chi connectivity index (χ2v) is 4.99. The first-order valence-corrected chi connectivity index (χ1v) is 7.07. The fraction of sp³-hybridized carbons (Fsp3) is 0.533. The predicted molar refractivity (Wildman–Crippen MR) is 78.9 cm³/mol. The van der Waals surface area contributed by atoms with Gasteiger partial charge in [0.2, 0.25) is 0 Å². The first-order valence-electron chi connectivity index (χ1n) is 7.07. The lowest BCUT2D eigenvalue weighted by atomic mass is 10.1. The highest BCUT2D eigenvalue weighted by molar-refractivity contribution is 5.95. The molecule has 1 saturated heterocycles. The Labute approximate surface area is 115 Å². The quantitative estimate of drug-likeness (QED) is 0.864. The van der Waals surface area contributed by atoms with Gasteiger partial charge in [-0.15, -0.1) is 0 Å². The summed E-state index contributed by atoms with van der Waals surface area (Å²) < 4.78 is 0. The van der Waals surface area contributed by atoms with E-state index in [0.717, 1.165) is 44.7 Å². The monoisotopic (exact) mass is 261 g/mol. The van der Waals surface area contributed by atoms with Crippen LogP contribution in [0, 0.1) is 6.92 Å². The number of carbonyl (C=O) groups is 1. The molecule has 0 aliphatic carbocycles. The van der Waals surface area contributed by atoms with Crippen LogP contribution < -0.4 is 15.5 Å². The Kier molecular flexibility index (Phi) is 4.80. The van der Waals surface area contributed by atoms with E-state index < -0.39 is 0 Å². The molecule has 4 heteroatoms. The SMILES string of the molecule is CCCNC(=O)c1ccc(C)c(N2CCNCC2)c1. The van der Waals surface area contributed by atoms with Gasteiger partial charge in [0.25, 0.3) is 5.91 Å². The number of rotatable bonds is 4. The lowest BCUT2D eigenvalue weighted by Crippen LogP contribution is -2.43. The summed E-state index contributed by atoms with van der Waals surface area (Å²) in [5, 5.41) is 6.28. The van der Waals surface area contributed by atoms with Gasteiger partial charge in [-0.1, -0.05) is 13.0 Å². The minimum atomic E-state index is 0.0261. The molecule has 0 unspecified atom stereocenters. The number of aryl methyl sites for hydroxylation is 1. The van der Waals surface area contributed by atoms with Gasteiger partial charge >= 0.3 is 0 Å². The summed E-state index contributed by atoms with van der Waals surface area (Å²) in [5.74, 6) is 0.0261. The standard InChI is InChI=1S/C15H23N3O/c1-3-6-17-15(19)13-5-4-12(2)14(11-13)18-9-7-16-8-10-18/h4-5,11,16H,3,6-10H2,1-2H3,(H,17,19). The third-order valence-corrected chi connectivity index (χ3v) is 3.46. The molecule has 0 aromatic heterocycles. The molecular formula is C15H23N3O. The van der Waals surface area contributed by atoms with Crippen molar-refractivity contribution in [1.29, 1.82) is 0 Å². The Morgan fingerprint density at radius 1 is 1.37 bits per heavy atom. The number of hydrogen-bond acceptors (Lipinski definition) is 3. The molecule has 4 nitrogen and oxygen atoms in total. The molecule has 0 saturated carbocycles. The minimum Gasteiger partial charge on any atom is -0.369 e. The van der Waals surface area contributed by atoms with E-state index in [1.54, 1.807) is 0 Å². The number of carbonyl (C=O) groups excluding carboxylic acids is 1. The van der Waals surface area contributed by atoms with Crippen molar-refractivity contribution in [3.8, 4) is 0 Å². The fourth-order valence-electron chi connectivity index (χ4n) is 2.34. The lowest BCUT2D eigenvalue weighted by molar-refractivity contribution is 0.0953. The first kappa shape index (κ1) is 13.9. The topological polar surface area (TPSA) is 44.4 Å². The molecule has 1 aromatic rings. The van der Waals surface area contributed by atoms with Crippen LogP contribution in [0.25, 0.3) is 0 Å². The van der Waals surface area contributed by atoms with Crippen LogP contribution in [-0.2, 0) is 0 Å². The van der Waals surface area contributed by atoms with Crippen molar-refractivity contribution in [1.82, 2.24) is 10.6 Å². The van der Waals surface area contributed by atoms with E-state index in [2.05, 4.69) is 29.4 Å². The van der Waals surface area contributed by atoms with Crippen LogP contribution >= 0.6 is 0 Å². The molecule has 1 aromatic carbocycles. The zero-order valence-electron chi connectivity index (χ0n) is 11.8. The van der Waals surface area contributed by atoms with Crippen LogP contribution in [0.1, 0.15) is 29.3 Å². The highest BCUT2D eigenvalue weighted by atomic mass is 16.1. The molecule has 104 valence electrons. The van der Waals surface area contributed by atoms with Crippen LogP contribution in [0.2, 0.25) is 0 Å². The summed E-state index contributed by atoms with van der Waals surface area (Å²) in [5.41, 5.74) is 3.17. The van der Waals surface area contributed by atoms with Crippen molar-refractivity contribution in [2.24, 2.45) is 0 Å². The molecular weight excluding hydrogens is 238 g/mol. The smallest absolute Gasteiger partial charge is 0.251 e. The van der Waals surface area contributed by atoms with Gasteiger partial charge in [-0.25, -0.2) is 0 Å². The molecule has 1 aliphatic rings. The Morgan fingerprint density at radius 3 is 2.79 bits per heavy atom. The molecule has 1 amide bonds. The summed E-state index contributed by atoms with van der Waals surface area (Å²) in [6.07, 6.45) is 0.961. The van der Waals surface area contributed by atoms with Gasteiger partial charge in [-0.05, 0) is 31.0 Å². The molecule has 1 heterocycles. The Hall–Kier alpha value is -1.55. The van der Waals surface area contributed by atoms with Gasteiger partial charge < -0.3 is 15.5 Å². The molecule has 19 heavy (non-hydrogen) atoms. The number of nitrogens with one attached hydrogen (secondary N) is 2. The summed E-state index contributed by atoms with van der Waals surface area (Å²) in [4.78, 5) is 14.4. The number of nitrogens with zero attached hydrogens (tertiary/aromatic N) is 1. The minimum absolute atomic E-state index is 0.0261. The maximum Gasteiger partial charge on any atom is 0.251 e. The highest BCUT2D eigenvalue weighted by Gasteiger charge is 2.14. The van der Waals surface area contributed by atoms with Crippen LogP contribution in [0.4, 0.5) is 5.69 Å². The average Bonchev–Trinajstić information content (AvgIpc) is 2.46. The van der Waals surface area contributed by atoms with Gasteiger partial charge in [0.05, 0.1) is 0 Å². The summed E-state index contributed by atoms with van der Waals surface area (Å²) in [6.45, 7) is 8.90. The lowest BCUT2D eigenvalue weighted by Gasteiger charge is -2.31. The van der Waals surface area contributed by atoms with Crippen molar-refractivity contribution in [2.75, 3.05) is 37.6 Å². The molecule has 0 bridgehead atoms. The van der Waals surface area contributed by atoms with Crippen LogP contribution in [0.5, 0.6) is 0 Å². The number of amides is 1. The maximum atomic E-state index is 12.0. The molecule has 0 spiro atoms. The molecule has 2 rings (SSSR count). The fourth-order valence-corrected chi connectivity index (χ4v) is 2.34. The van der Waals surface area contributed by atoms with Gasteiger partial charge in [-0.3, -0.25) is 4.79 Å². The number of piperazine rings is 1. The van der Waals surface area contributed by atoms with Crippen molar-refractivity contribution in [3.63, 3.8) is 0 Å². The molecule has 1 fully saturated rings. The molecule has 0 atom stereocenters. The number of benzene rings is 1. The molecule has 0 radical (unpaired) electrons. The highest BCUT2D eigenvalue weighted by Crippen LogP contribution is 2.22. The summed E-state index contributed by atoms with van der Waals surface area (Å²) >= 11 is 0. The zero-order chi connectivity index (χ0) is 13.7. The van der Waals surface area contributed by atoms with E-state index in [0.29, 0.717) is 0 Å². The Bertz CT molecular complexity index is 439. The van der Waals surface area contributed by atoms with Crippen LogP contribution in [-0.4, -0.2) is 38.6 Å². The molecule has 1 aliphatic heterocycles. The van der Waals surface area contributed by atoms with E-state index >= 15 is 0 Å². The Morgan fingerprint density at radius 2 is 2.11 bits per heavy atom. The largest absolute Gasteiger partial charge is 0.369 e. The zero-order valence-corrected chi connectivity index (χ0v) is 11.8. The van der Waals surface area contributed by atoms with Crippen LogP contribution in [0.15, 0.2) is 18.2 Å². The second-order valence-electron chi connectivity index (χ2n) is 4.99. The summed E-state index contributed by atoms with van der Waals surface area (Å²) in [6, 6.07) is 5.97. The predicted octanol–water partition coefficient (Wildman–Crippen LogP) is 1.54. The average molecular weight is 261 g/mol. The second kappa shape index (κ2) is 6.57. The van der Waals surface area contributed by atoms with Gasteiger partial charge in [0.15, 0.2) is 0 Å². The van der Waals surface area contributed by atoms with Gasteiger partial charge in [0, 0.05) is 44.0 Å². The van der Waals surface area contributed by atoms with E-state index in [1.807, 2.05) is 18.2 Å². The van der Waals surface area contributed by atoms with Crippen molar-refractivity contribution < 1.29 is 4.79 Å². The number of hydrogen-bond donors (Lipinski definition) is 2. The maximum absolute atomic E-state index is 12.0. The van der Waals surface area contributed by atoms with Gasteiger partial charge in [-0.2, -0.15) is 0 Å². The van der Waals surface area contributed by atoms with Crippen LogP contribution in [0.3, 0.4) is 0 Å². The third-order valence-electron chi connectivity index (χ3n) is 3.46. The van der Waals surface area contributed by atoms with Crippen molar-refractivity contribution >= 4 is 11.6 Å². The summed E-state index contributed by atoms with van der Waals surface area (Å²) in [7, 11) is 0. The van der Waals surface area contributed by atoms with E-state index in [4.69, 9.17) is 0 Å². The normalized spacial score (nSPS) is 15.4. The first-order chi connectivity index (χ1) is 9.22. The van der Waals surface area contributed by atoms with E-state index in [9.17, 15) is 4.79 Å². The van der Waals surface area contributed by atoms with Crippen molar-refractivity contribution in [2.45, 2.75) is 20.3 Å². The van der Waals surface area contributed by atoms with E-state index in [-0.39, 0.29) is 5.91 Å². The number of anilines is 1. The Balaban J connectivity index is 2.16. The third kappa shape index (κ3) is 3.47. The van der Waals surface area contributed by atoms with E-state index in [1.165, 1.54) is 11.3 Å².